The Hall–Kier alpha value is -3.15. The molecule has 0 bridgehead atoms. The minimum Gasteiger partial charge on any atom is -0.497 e. The van der Waals surface area contributed by atoms with Gasteiger partial charge in [-0.25, -0.2) is 0 Å². The molecule has 0 atom stereocenters. The number of hydrogen-bond donors (Lipinski definition) is 2. The summed E-state index contributed by atoms with van der Waals surface area (Å²) in [6, 6.07) is 11.2. The van der Waals surface area contributed by atoms with Gasteiger partial charge in [-0.1, -0.05) is 6.07 Å². The number of ether oxygens (including phenoxy) is 3. The van der Waals surface area contributed by atoms with Gasteiger partial charge in [0.2, 0.25) is 6.79 Å². The van der Waals surface area contributed by atoms with Gasteiger partial charge in [0.25, 0.3) is 5.91 Å². The smallest absolute Gasteiger partial charge is 0.253 e. The summed E-state index contributed by atoms with van der Waals surface area (Å²) in [6.07, 6.45) is 1.71. The second kappa shape index (κ2) is 5.81. The molecule has 0 saturated heterocycles. The van der Waals surface area contributed by atoms with Crippen LogP contribution in [0.2, 0.25) is 0 Å². The number of aromatic amines is 1. The molecule has 0 saturated carbocycles. The van der Waals surface area contributed by atoms with Crippen molar-refractivity contribution in [1.82, 2.24) is 10.3 Å². The summed E-state index contributed by atoms with van der Waals surface area (Å²) in [4.78, 5) is 15.6. The summed E-state index contributed by atoms with van der Waals surface area (Å²) in [5.74, 6) is 2.05. The van der Waals surface area contributed by atoms with Gasteiger partial charge in [0.05, 0.1) is 12.7 Å². The number of aromatic nitrogens is 1. The normalized spacial score (nSPS) is 12.4. The quantitative estimate of drug-likeness (QED) is 0.774. The van der Waals surface area contributed by atoms with Gasteiger partial charge in [-0.05, 0) is 29.8 Å². The van der Waals surface area contributed by atoms with E-state index >= 15 is 0 Å². The largest absolute Gasteiger partial charge is 0.497 e. The lowest BCUT2D eigenvalue weighted by Crippen LogP contribution is -2.22. The lowest BCUT2D eigenvalue weighted by atomic mass is 10.1. The lowest BCUT2D eigenvalue weighted by molar-refractivity contribution is 0.0952. The van der Waals surface area contributed by atoms with Crippen molar-refractivity contribution in [2.45, 2.75) is 6.54 Å². The van der Waals surface area contributed by atoms with E-state index in [2.05, 4.69) is 10.3 Å². The van der Waals surface area contributed by atoms with Crippen molar-refractivity contribution < 1.29 is 19.0 Å². The zero-order valence-corrected chi connectivity index (χ0v) is 13.1. The molecule has 0 spiro atoms. The maximum absolute atomic E-state index is 12.5. The Balaban J connectivity index is 1.50. The first-order valence-corrected chi connectivity index (χ1v) is 7.56. The Labute approximate surface area is 138 Å². The molecule has 2 heterocycles. The van der Waals surface area contributed by atoms with E-state index in [-0.39, 0.29) is 12.7 Å². The van der Waals surface area contributed by atoms with Gasteiger partial charge in [-0.2, -0.15) is 0 Å². The van der Waals surface area contributed by atoms with E-state index in [1.54, 1.807) is 13.3 Å². The zero-order valence-electron chi connectivity index (χ0n) is 13.1. The Morgan fingerprint density at radius 1 is 1.21 bits per heavy atom. The standard InChI is InChI=1S/C18H16N2O4/c1-22-12-3-4-13-14(9-19-15(13)7-12)18(21)20-8-11-2-5-16-17(6-11)24-10-23-16/h2-7,9,19H,8,10H2,1H3,(H,20,21). The average Bonchev–Trinajstić information content (AvgIpc) is 3.25. The van der Waals surface area contributed by atoms with Crippen LogP contribution >= 0.6 is 0 Å². The minimum atomic E-state index is -0.135. The molecule has 122 valence electrons. The molecule has 2 N–H and O–H groups in total. The van der Waals surface area contributed by atoms with Crippen LogP contribution in [0.5, 0.6) is 17.2 Å². The van der Waals surface area contributed by atoms with Crippen molar-refractivity contribution in [3.63, 3.8) is 0 Å². The van der Waals surface area contributed by atoms with E-state index in [4.69, 9.17) is 14.2 Å². The summed E-state index contributed by atoms with van der Waals surface area (Å²) < 4.78 is 15.8. The highest BCUT2D eigenvalue weighted by molar-refractivity contribution is 6.06. The number of carbonyl (C=O) groups is 1. The van der Waals surface area contributed by atoms with E-state index in [9.17, 15) is 4.79 Å². The van der Waals surface area contributed by atoms with Crippen LogP contribution in [0.3, 0.4) is 0 Å². The van der Waals surface area contributed by atoms with Crippen LogP contribution in [-0.4, -0.2) is 24.8 Å². The van der Waals surface area contributed by atoms with Gasteiger partial charge in [0.1, 0.15) is 5.75 Å². The van der Waals surface area contributed by atoms with E-state index in [0.717, 1.165) is 28.0 Å². The summed E-state index contributed by atoms with van der Waals surface area (Å²) in [5, 5.41) is 3.79. The van der Waals surface area contributed by atoms with Gasteiger partial charge in [0, 0.05) is 29.7 Å². The number of amides is 1. The summed E-state index contributed by atoms with van der Waals surface area (Å²) in [7, 11) is 1.61. The number of hydrogen-bond acceptors (Lipinski definition) is 4. The van der Waals surface area contributed by atoms with E-state index in [1.807, 2.05) is 36.4 Å². The zero-order chi connectivity index (χ0) is 16.5. The molecule has 1 aromatic heterocycles. The van der Waals surface area contributed by atoms with Crippen molar-refractivity contribution in [2.24, 2.45) is 0 Å². The highest BCUT2D eigenvalue weighted by Crippen LogP contribution is 2.32. The summed E-state index contributed by atoms with van der Waals surface area (Å²) in [5.41, 5.74) is 2.42. The highest BCUT2D eigenvalue weighted by Gasteiger charge is 2.15. The van der Waals surface area contributed by atoms with Gasteiger partial charge in [0.15, 0.2) is 11.5 Å². The third-order valence-electron chi connectivity index (χ3n) is 4.02. The van der Waals surface area contributed by atoms with E-state index in [1.165, 1.54) is 0 Å². The minimum absolute atomic E-state index is 0.135. The van der Waals surface area contributed by atoms with Crippen molar-refractivity contribution in [1.29, 1.82) is 0 Å². The molecule has 4 rings (SSSR count). The number of fused-ring (bicyclic) bond motifs is 2. The second-order valence-corrected chi connectivity index (χ2v) is 5.48. The number of H-pyrrole nitrogens is 1. The van der Waals surface area contributed by atoms with E-state index < -0.39 is 0 Å². The Bertz CT molecular complexity index is 917. The van der Waals surface area contributed by atoms with Crippen LogP contribution in [-0.2, 0) is 6.54 Å². The highest BCUT2D eigenvalue weighted by atomic mass is 16.7. The number of nitrogens with one attached hydrogen (secondary N) is 2. The number of carbonyl (C=O) groups excluding carboxylic acids is 1. The monoisotopic (exact) mass is 324 g/mol. The van der Waals surface area contributed by atoms with Gasteiger partial charge in [-0.3, -0.25) is 4.79 Å². The molecule has 2 aromatic carbocycles. The van der Waals surface area contributed by atoms with Crippen LogP contribution in [0.1, 0.15) is 15.9 Å². The third kappa shape index (κ3) is 2.52. The first-order valence-electron chi connectivity index (χ1n) is 7.56. The molecule has 6 heteroatoms. The topological polar surface area (TPSA) is 72.6 Å². The third-order valence-corrected chi connectivity index (χ3v) is 4.02. The fraction of sp³-hybridized carbons (Fsp3) is 0.167. The predicted octanol–water partition coefficient (Wildman–Crippen LogP) is 2.84. The van der Waals surface area contributed by atoms with Crippen LogP contribution in [0, 0.1) is 0 Å². The molecule has 1 aliphatic rings. The molecule has 1 amide bonds. The molecule has 3 aromatic rings. The number of methoxy groups -OCH3 is 1. The van der Waals surface area contributed by atoms with Crippen molar-refractivity contribution in [3.8, 4) is 17.2 Å². The Kier molecular flexibility index (Phi) is 3.49. The SMILES string of the molecule is COc1ccc2c(C(=O)NCc3ccc4c(c3)OCO4)c[nH]c2c1. The average molecular weight is 324 g/mol. The predicted molar refractivity (Wildman–Crippen MR) is 88.6 cm³/mol. The fourth-order valence-electron chi connectivity index (χ4n) is 2.75. The lowest BCUT2D eigenvalue weighted by Gasteiger charge is -2.06. The van der Waals surface area contributed by atoms with Crippen LogP contribution in [0.25, 0.3) is 10.9 Å². The van der Waals surface area contributed by atoms with Crippen molar-refractivity contribution in [2.75, 3.05) is 13.9 Å². The first-order chi connectivity index (χ1) is 11.7. The summed E-state index contributed by atoms with van der Waals surface area (Å²) >= 11 is 0. The van der Waals surface area contributed by atoms with E-state index in [0.29, 0.717) is 17.9 Å². The first kappa shape index (κ1) is 14.4. The molecule has 0 unspecified atom stereocenters. The van der Waals surface area contributed by atoms with Crippen LogP contribution in [0.15, 0.2) is 42.6 Å². The molecule has 0 radical (unpaired) electrons. The molecule has 24 heavy (non-hydrogen) atoms. The van der Waals surface area contributed by atoms with Crippen molar-refractivity contribution in [3.05, 3.63) is 53.7 Å². The fourth-order valence-corrected chi connectivity index (χ4v) is 2.75. The van der Waals surface area contributed by atoms with Crippen LogP contribution < -0.4 is 19.5 Å². The van der Waals surface area contributed by atoms with Gasteiger partial charge >= 0.3 is 0 Å². The van der Waals surface area contributed by atoms with Crippen LogP contribution in [0.4, 0.5) is 0 Å². The van der Waals surface area contributed by atoms with Crippen molar-refractivity contribution >= 4 is 16.8 Å². The molecule has 0 aliphatic carbocycles. The second-order valence-electron chi connectivity index (χ2n) is 5.48. The maximum atomic E-state index is 12.5. The molecule has 1 aliphatic heterocycles. The van der Waals surface area contributed by atoms with Gasteiger partial charge < -0.3 is 24.5 Å². The molecule has 6 nitrogen and oxygen atoms in total. The number of rotatable bonds is 4. The Morgan fingerprint density at radius 2 is 2.08 bits per heavy atom. The Morgan fingerprint density at radius 3 is 2.96 bits per heavy atom. The molecular formula is C18H16N2O4. The molecular weight excluding hydrogens is 308 g/mol. The number of benzene rings is 2. The summed E-state index contributed by atoms with van der Waals surface area (Å²) in [6.45, 7) is 0.655. The maximum Gasteiger partial charge on any atom is 0.253 e. The van der Waals surface area contributed by atoms with Gasteiger partial charge in [-0.15, -0.1) is 0 Å². The molecule has 0 fully saturated rings.